The normalized spacial score (nSPS) is 33.8. The highest BCUT2D eigenvalue weighted by molar-refractivity contribution is 6.29. The van der Waals surface area contributed by atoms with Crippen LogP contribution in [0.25, 0.3) is 0 Å². The van der Waals surface area contributed by atoms with E-state index in [0.29, 0.717) is 29.2 Å². The molecule has 1 aromatic heterocycles. The van der Waals surface area contributed by atoms with Crippen LogP contribution < -0.4 is 5.32 Å². The first-order chi connectivity index (χ1) is 12.2. The summed E-state index contributed by atoms with van der Waals surface area (Å²) in [6.07, 6.45) is 9.72. The Morgan fingerprint density at radius 2 is 2.08 bits per heavy atom. The molecule has 1 saturated carbocycles. The van der Waals surface area contributed by atoms with Crippen LogP contribution >= 0.6 is 11.6 Å². The van der Waals surface area contributed by atoms with Crippen molar-refractivity contribution < 1.29 is 9.84 Å². The van der Waals surface area contributed by atoms with Gasteiger partial charge in [0, 0.05) is 18.7 Å². The fraction of sp³-hybridized carbons (Fsp3) is 0.650. The van der Waals surface area contributed by atoms with Gasteiger partial charge in [0.1, 0.15) is 5.15 Å². The first-order valence-corrected chi connectivity index (χ1v) is 9.79. The molecule has 4 rings (SSSR count). The minimum Gasteiger partial charge on any atom is -0.393 e. The molecule has 134 valence electrons. The molecule has 3 fully saturated rings. The number of fused-ring (bicyclic) bond motifs is 2. The third-order valence-corrected chi connectivity index (χ3v) is 5.97. The molecule has 3 heterocycles. The Balaban J connectivity index is 1.42. The van der Waals surface area contributed by atoms with Crippen molar-refractivity contribution in [1.82, 2.24) is 4.98 Å². The average molecular weight is 361 g/mol. The number of aromatic nitrogens is 1. The van der Waals surface area contributed by atoms with Crippen LogP contribution in [0, 0.1) is 23.7 Å². The summed E-state index contributed by atoms with van der Waals surface area (Å²) >= 11 is 6.08. The number of halogens is 1. The maximum absolute atomic E-state index is 9.64. The Kier molecular flexibility index (Phi) is 5.17. The van der Waals surface area contributed by atoms with Crippen molar-refractivity contribution in [2.24, 2.45) is 11.8 Å². The molecule has 0 radical (unpaired) electrons. The van der Waals surface area contributed by atoms with E-state index in [-0.39, 0.29) is 6.10 Å². The lowest BCUT2D eigenvalue weighted by Gasteiger charge is -2.26. The van der Waals surface area contributed by atoms with Gasteiger partial charge in [-0.15, -0.1) is 0 Å². The third kappa shape index (κ3) is 4.11. The van der Waals surface area contributed by atoms with E-state index < -0.39 is 0 Å². The molecule has 1 unspecified atom stereocenters. The molecule has 0 aromatic carbocycles. The van der Waals surface area contributed by atoms with Gasteiger partial charge in [0.25, 0.3) is 0 Å². The van der Waals surface area contributed by atoms with E-state index in [0.717, 1.165) is 56.3 Å². The summed E-state index contributed by atoms with van der Waals surface area (Å²) in [4.78, 5) is 4.20. The zero-order chi connectivity index (χ0) is 17.2. The maximum atomic E-state index is 9.64. The number of aliphatic hydroxyl groups excluding tert-OH is 1. The van der Waals surface area contributed by atoms with E-state index in [1.807, 2.05) is 6.07 Å². The van der Waals surface area contributed by atoms with Gasteiger partial charge in [-0.2, -0.15) is 0 Å². The van der Waals surface area contributed by atoms with Crippen molar-refractivity contribution >= 4 is 17.3 Å². The lowest BCUT2D eigenvalue weighted by molar-refractivity contribution is 0.0987. The monoisotopic (exact) mass is 360 g/mol. The van der Waals surface area contributed by atoms with Crippen LogP contribution in [0.15, 0.2) is 12.3 Å². The van der Waals surface area contributed by atoms with E-state index in [4.69, 9.17) is 16.3 Å². The molecule has 0 spiro atoms. The minimum atomic E-state index is -0.114. The predicted octanol–water partition coefficient (Wildman–Crippen LogP) is 3.62. The summed E-state index contributed by atoms with van der Waals surface area (Å²) < 4.78 is 5.88. The molecule has 0 amide bonds. The number of nitrogens with one attached hydrogen (secondary N) is 1. The second-order valence-electron chi connectivity index (χ2n) is 7.59. The molecule has 4 nitrogen and oxygen atoms in total. The van der Waals surface area contributed by atoms with Gasteiger partial charge in [0.05, 0.1) is 29.6 Å². The van der Waals surface area contributed by atoms with Crippen molar-refractivity contribution in [2.75, 3.05) is 11.9 Å². The van der Waals surface area contributed by atoms with Crippen LogP contribution in [-0.4, -0.2) is 34.9 Å². The summed E-state index contributed by atoms with van der Waals surface area (Å²) in [6.45, 7) is 0.888. The Labute approximate surface area is 154 Å². The number of aliphatic hydroxyl groups is 1. The molecule has 2 N–H and O–H groups in total. The largest absolute Gasteiger partial charge is 0.393 e. The SMILES string of the molecule is OC1CCC(CNc2cc(Cl)ncc2C#CC2C[C@H]3CC[C@H]2O3)CC1. The van der Waals surface area contributed by atoms with Gasteiger partial charge in [0.15, 0.2) is 0 Å². The van der Waals surface area contributed by atoms with Crippen LogP contribution in [0.4, 0.5) is 5.69 Å². The van der Waals surface area contributed by atoms with E-state index in [2.05, 4.69) is 22.1 Å². The summed E-state index contributed by atoms with van der Waals surface area (Å²) in [5.41, 5.74) is 1.87. The van der Waals surface area contributed by atoms with Crippen LogP contribution in [0.2, 0.25) is 5.15 Å². The number of nitrogens with zero attached hydrogens (tertiary/aromatic N) is 1. The van der Waals surface area contributed by atoms with Crippen LogP contribution in [0.1, 0.15) is 50.5 Å². The average Bonchev–Trinajstić information content (AvgIpc) is 3.23. The summed E-state index contributed by atoms with van der Waals surface area (Å²) in [5.74, 6) is 7.65. The van der Waals surface area contributed by atoms with E-state index in [1.165, 1.54) is 6.42 Å². The molecule has 1 aromatic rings. The Bertz CT molecular complexity index is 676. The standard InChI is InChI=1S/C20H25ClN2O2/c21-20-10-18(22-11-13-1-5-16(24)6-2-13)15(12-23-20)4-3-14-9-17-7-8-19(14)25-17/h10,12-14,16-17,19,24H,1-2,5-9,11H2,(H,22,23)/t13?,14?,16?,17-,19-/m1/s1. The number of hydrogen-bond donors (Lipinski definition) is 2. The van der Waals surface area contributed by atoms with E-state index in [1.54, 1.807) is 6.20 Å². The predicted molar refractivity (Wildman–Crippen MR) is 98.6 cm³/mol. The molecule has 3 atom stereocenters. The van der Waals surface area contributed by atoms with E-state index >= 15 is 0 Å². The highest BCUT2D eigenvalue weighted by Crippen LogP contribution is 2.38. The summed E-state index contributed by atoms with van der Waals surface area (Å²) in [5, 5.41) is 13.6. The molecule has 25 heavy (non-hydrogen) atoms. The third-order valence-electron chi connectivity index (χ3n) is 5.77. The van der Waals surface area contributed by atoms with Gasteiger partial charge in [-0.3, -0.25) is 0 Å². The molecular formula is C20H25ClN2O2. The smallest absolute Gasteiger partial charge is 0.131 e. The summed E-state index contributed by atoms with van der Waals surface area (Å²) in [7, 11) is 0. The second-order valence-corrected chi connectivity index (χ2v) is 7.98. The van der Waals surface area contributed by atoms with Gasteiger partial charge >= 0.3 is 0 Å². The number of rotatable bonds is 3. The summed E-state index contributed by atoms with van der Waals surface area (Å²) in [6, 6.07) is 1.86. The maximum Gasteiger partial charge on any atom is 0.131 e. The van der Waals surface area contributed by atoms with Crippen LogP contribution in [0.5, 0.6) is 0 Å². The molecule has 1 aliphatic carbocycles. The van der Waals surface area contributed by atoms with Gasteiger partial charge in [-0.25, -0.2) is 4.98 Å². The molecule has 5 heteroatoms. The van der Waals surface area contributed by atoms with Gasteiger partial charge < -0.3 is 15.2 Å². The zero-order valence-corrected chi connectivity index (χ0v) is 15.1. The van der Waals surface area contributed by atoms with Crippen molar-refractivity contribution in [1.29, 1.82) is 0 Å². The van der Waals surface area contributed by atoms with Crippen LogP contribution in [-0.2, 0) is 4.74 Å². The first-order valence-electron chi connectivity index (χ1n) is 9.42. The number of ether oxygens (including phenoxy) is 1. The number of pyridine rings is 1. The Hall–Kier alpha value is -1.28. The highest BCUT2D eigenvalue weighted by Gasteiger charge is 2.39. The highest BCUT2D eigenvalue weighted by atomic mass is 35.5. The molecule has 2 saturated heterocycles. The van der Waals surface area contributed by atoms with Gasteiger partial charge in [-0.05, 0) is 56.9 Å². The topological polar surface area (TPSA) is 54.4 Å². The lowest BCUT2D eigenvalue weighted by Crippen LogP contribution is -2.23. The number of anilines is 1. The van der Waals surface area contributed by atoms with Crippen molar-refractivity contribution in [2.45, 2.75) is 63.3 Å². The second kappa shape index (κ2) is 7.53. The molecule has 3 aliphatic rings. The quantitative estimate of drug-likeness (QED) is 0.638. The minimum absolute atomic E-state index is 0.114. The van der Waals surface area contributed by atoms with Crippen molar-refractivity contribution in [3.8, 4) is 11.8 Å². The van der Waals surface area contributed by atoms with Gasteiger partial charge in [-0.1, -0.05) is 23.4 Å². The Morgan fingerprint density at radius 3 is 2.80 bits per heavy atom. The fourth-order valence-electron chi connectivity index (χ4n) is 4.24. The van der Waals surface area contributed by atoms with E-state index in [9.17, 15) is 5.11 Å². The molecule has 2 bridgehead atoms. The van der Waals surface area contributed by atoms with Crippen LogP contribution in [0.3, 0.4) is 0 Å². The molecule has 2 aliphatic heterocycles. The van der Waals surface area contributed by atoms with Gasteiger partial charge in [0.2, 0.25) is 0 Å². The number of hydrogen-bond acceptors (Lipinski definition) is 4. The fourth-order valence-corrected chi connectivity index (χ4v) is 4.40. The van der Waals surface area contributed by atoms with Crippen molar-refractivity contribution in [3.05, 3.63) is 23.0 Å². The lowest BCUT2D eigenvalue weighted by atomic mass is 9.87. The van der Waals surface area contributed by atoms with Crippen molar-refractivity contribution in [3.63, 3.8) is 0 Å². The Morgan fingerprint density at radius 1 is 1.24 bits per heavy atom. The first kappa shape index (κ1) is 17.1. The molecular weight excluding hydrogens is 336 g/mol. The zero-order valence-electron chi connectivity index (χ0n) is 14.4.